The first kappa shape index (κ1) is 16.8. The van der Waals surface area contributed by atoms with Crippen LogP contribution in [-0.4, -0.2) is 33.9 Å². The van der Waals surface area contributed by atoms with Gasteiger partial charge in [0.2, 0.25) is 10.0 Å². The highest BCUT2D eigenvalue weighted by Gasteiger charge is 2.20. The van der Waals surface area contributed by atoms with Crippen molar-refractivity contribution in [3.63, 3.8) is 0 Å². The second-order valence-electron chi connectivity index (χ2n) is 5.28. The van der Waals surface area contributed by atoms with Gasteiger partial charge in [-0.1, -0.05) is 23.7 Å². The maximum Gasteiger partial charge on any atom is 0.243 e. The molecule has 2 aromatic rings. The molecule has 4 nitrogen and oxygen atoms in total. The highest BCUT2D eigenvalue weighted by molar-refractivity contribution is 7.89. The van der Waals surface area contributed by atoms with Gasteiger partial charge in [-0.15, -0.1) is 0 Å². The Hall–Kier alpha value is -1.56. The standard InChI is InChI=1S/C16H19ClN2O2S/c1-18(2)15-8-4-13(5-9-15)12-19(3)22(20,21)16-10-6-14(17)7-11-16/h4-11H,12H2,1-3H3. The summed E-state index contributed by atoms with van der Waals surface area (Å²) in [5.74, 6) is 0. The number of anilines is 1. The van der Waals surface area contributed by atoms with Crippen LogP contribution < -0.4 is 4.90 Å². The van der Waals surface area contributed by atoms with E-state index in [4.69, 9.17) is 11.6 Å². The number of halogens is 1. The average Bonchev–Trinajstić information content (AvgIpc) is 2.48. The highest BCUT2D eigenvalue weighted by Crippen LogP contribution is 2.20. The Kier molecular flexibility index (Phi) is 5.11. The fourth-order valence-electron chi connectivity index (χ4n) is 2.03. The Morgan fingerprint density at radius 1 is 0.909 bits per heavy atom. The summed E-state index contributed by atoms with van der Waals surface area (Å²) in [6.45, 7) is 0.318. The molecular weight excluding hydrogens is 320 g/mol. The summed E-state index contributed by atoms with van der Waals surface area (Å²) in [4.78, 5) is 2.24. The van der Waals surface area contributed by atoms with Crippen molar-refractivity contribution in [1.29, 1.82) is 0 Å². The Morgan fingerprint density at radius 3 is 1.95 bits per heavy atom. The third-order valence-corrected chi connectivity index (χ3v) is 5.45. The van der Waals surface area contributed by atoms with Crippen LogP contribution in [0.15, 0.2) is 53.4 Å². The van der Waals surface area contributed by atoms with Crippen LogP contribution >= 0.6 is 11.6 Å². The van der Waals surface area contributed by atoms with Crippen molar-refractivity contribution < 1.29 is 8.42 Å². The van der Waals surface area contributed by atoms with Gasteiger partial charge in [-0.2, -0.15) is 4.31 Å². The van der Waals surface area contributed by atoms with Gasteiger partial charge in [0.15, 0.2) is 0 Å². The molecule has 6 heteroatoms. The van der Waals surface area contributed by atoms with Gasteiger partial charge in [0.25, 0.3) is 0 Å². The molecule has 0 unspecified atom stereocenters. The molecule has 2 aromatic carbocycles. The van der Waals surface area contributed by atoms with Crippen molar-refractivity contribution in [1.82, 2.24) is 4.31 Å². The molecule has 0 atom stereocenters. The van der Waals surface area contributed by atoms with Gasteiger partial charge in [-0.05, 0) is 42.0 Å². The molecule has 0 aliphatic heterocycles. The zero-order valence-electron chi connectivity index (χ0n) is 12.8. The predicted octanol–water partition coefficient (Wildman–Crippen LogP) is 3.23. The zero-order valence-corrected chi connectivity index (χ0v) is 14.4. The molecule has 2 rings (SSSR count). The molecule has 0 radical (unpaired) electrons. The van der Waals surface area contributed by atoms with Crippen molar-refractivity contribution in [3.05, 3.63) is 59.1 Å². The summed E-state index contributed by atoms with van der Waals surface area (Å²) in [7, 11) is 1.99. The van der Waals surface area contributed by atoms with Crippen LogP contribution in [0.3, 0.4) is 0 Å². The van der Waals surface area contributed by atoms with Gasteiger partial charge >= 0.3 is 0 Å². The largest absolute Gasteiger partial charge is 0.378 e. The van der Waals surface area contributed by atoms with Crippen LogP contribution in [0.5, 0.6) is 0 Å². The molecule has 22 heavy (non-hydrogen) atoms. The number of sulfonamides is 1. The first-order chi connectivity index (χ1) is 10.3. The molecule has 0 fully saturated rings. The molecule has 0 saturated heterocycles. The molecule has 0 amide bonds. The minimum absolute atomic E-state index is 0.240. The van der Waals surface area contributed by atoms with Crippen molar-refractivity contribution in [2.75, 3.05) is 26.0 Å². The maximum absolute atomic E-state index is 12.5. The van der Waals surface area contributed by atoms with Gasteiger partial charge in [0.05, 0.1) is 4.90 Å². The Labute approximate surface area is 137 Å². The first-order valence-corrected chi connectivity index (χ1v) is 8.60. The Balaban J connectivity index is 2.17. The average molecular weight is 339 g/mol. The predicted molar refractivity (Wildman–Crippen MR) is 90.9 cm³/mol. The molecule has 118 valence electrons. The van der Waals surface area contributed by atoms with Crippen LogP contribution in [0.2, 0.25) is 5.02 Å². The maximum atomic E-state index is 12.5. The Bertz CT molecular complexity index is 726. The van der Waals surface area contributed by atoms with Crippen molar-refractivity contribution in [2.45, 2.75) is 11.4 Å². The SMILES string of the molecule is CN(C)c1ccc(CN(C)S(=O)(=O)c2ccc(Cl)cc2)cc1. The molecule has 0 spiro atoms. The van der Waals surface area contributed by atoms with E-state index in [0.29, 0.717) is 11.6 Å². The van der Waals surface area contributed by atoms with Crippen molar-refractivity contribution in [3.8, 4) is 0 Å². The van der Waals surface area contributed by atoms with E-state index in [1.54, 1.807) is 19.2 Å². The second kappa shape index (κ2) is 6.69. The fraction of sp³-hybridized carbons (Fsp3) is 0.250. The summed E-state index contributed by atoms with van der Waals surface area (Å²) in [6.07, 6.45) is 0. The summed E-state index contributed by atoms with van der Waals surface area (Å²) >= 11 is 5.80. The Morgan fingerprint density at radius 2 is 1.45 bits per heavy atom. The van der Waals surface area contributed by atoms with Gasteiger partial charge < -0.3 is 4.90 Å². The lowest BCUT2D eigenvalue weighted by Crippen LogP contribution is -2.26. The van der Waals surface area contributed by atoms with Gasteiger partial charge in [-0.3, -0.25) is 0 Å². The third kappa shape index (κ3) is 3.80. The quantitative estimate of drug-likeness (QED) is 0.840. The van der Waals surface area contributed by atoms with Gasteiger partial charge in [0.1, 0.15) is 0 Å². The number of hydrogen-bond donors (Lipinski definition) is 0. The van der Waals surface area contributed by atoms with Gasteiger partial charge in [-0.25, -0.2) is 8.42 Å². The lowest BCUT2D eigenvalue weighted by molar-refractivity contribution is 0.467. The first-order valence-electron chi connectivity index (χ1n) is 6.79. The van der Waals surface area contributed by atoms with Gasteiger partial charge in [0, 0.05) is 38.4 Å². The molecule has 0 heterocycles. The van der Waals surface area contributed by atoms with Crippen LogP contribution in [-0.2, 0) is 16.6 Å². The minimum atomic E-state index is -3.52. The summed E-state index contributed by atoms with van der Waals surface area (Å²) in [5, 5.41) is 0.515. The van der Waals surface area contributed by atoms with Crippen molar-refractivity contribution >= 4 is 27.3 Å². The highest BCUT2D eigenvalue weighted by atomic mass is 35.5. The van der Waals surface area contributed by atoms with E-state index < -0.39 is 10.0 Å². The number of nitrogens with zero attached hydrogens (tertiary/aromatic N) is 2. The lowest BCUT2D eigenvalue weighted by Gasteiger charge is -2.18. The van der Waals surface area contributed by atoms with E-state index in [-0.39, 0.29) is 4.90 Å². The monoisotopic (exact) mass is 338 g/mol. The lowest BCUT2D eigenvalue weighted by atomic mass is 10.2. The number of rotatable bonds is 5. The molecule has 0 bridgehead atoms. The normalized spacial score (nSPS) is 11.7. The molecule has 0 aliphatic carbocycles. The van der Waals surface area contributed by atoms with E-state index in [9.17, 15) is 8.42 Å². The summed E-state index contributed by atoms with van der Waals surface area (Å²) < 4.78 is 26.3. The van der Waals surface area contributed by atoms with Crippen LogP contribution in [0.1, 0.15) is 5.56 Å². The molecule has 0 saturated carbocycles. The molecule has 0 aromatic heterocycles. The van der Waals surface area contributed by atoms with E-state index in [1.165, 1.54) is 16.4 Å². The molecular formula is C16H19ClN2O2S. The summed E-state index contributed by atoms with van der Waals surface area (Å²) in [5.41, 5.74) is 2.01. The second-order valence-corrected chi connectivity index (χ2v) is 7.76. The fourth-order valence-corrected chi connectivity index (χ4v) is 3.31. The van der Waals surface area contributed by atoms with Crippen LogP contribution in [0.4, 0.5) is 5.69 Å². The van der Waals surface area contributed by atoms with Crippen LogP contribution in [0.25, 0.3) is 0 Å². The topological polar surface area (TPSA) is 40.6 Å². The summed E-state index contributed by atoms with van der Waals surface area (Å²) in [6, 6.07) is 14.0. The number of hydrogen-bond acceptors (Lipinski definition) is 3. The van der Waals surface area contributed by atoms with E-state index in [2.05, 4.69) is 0 Å². The van der Waals surface area contributed by atoms with E-state index in [1.807, 2.05) is 43.3 Å². The molecule has 0 aliphatic rings. The minimum Gasteiger partial charge on any atom is -0.378 e. The third-order valence-electron chi connectivity index (χ3n) is 3.38. The zero-order chi connectivity index (χ0) is 16.3. The van der Waals surface area contributed by atoms with E-state index in [0.717, 1.165) is 11.3 Å². The smallest absolute Gasteiger partial charge is 0.243 e. The van der Waals surface area contributed by atoms with E-state index >= 15 is 0 Å². The van der Waals surface area contributed by atoms with Crippen LogP contribution in [0, 0.1) is 0 Å². The molecule has 0 N–H and O–H groups in total. The number of benzene rings is 2. The van der Waals surface area contributed by atoms with Crippen molar-refractivity contribution in [2.24, 2.45) is 0 Å².